The van der Waals surface area contributed by atoms with Gasteiger partial charge in [0.1, 0.15) is 11.3 Å². The molecule has 1 fully saturated rings. The Kier molecular flexibility index (Phi) is 6.87. The molecule has 0 spiro atoms. The van der Waals surface area contributed by atoms with Crippen LogP contribution in [-0.4, -0.2) is 54.5 Å². The van der Waals surface area contributed by atoms with Gasteiger partial charge in [0.15, 0.2) is 0 Å². The number of carboxylic acid groups (broad SMARTS) is 1. The quantitative estimate of drug-likeness (QED) is 0.714. The maximum atomic E-state index is 11.8. The SMILES string of the molecule is Cc1cc(-c2nnn(CC3CCC(CNC(=O)OC(C)(C)C)CC3)n2)cc(C(=O)O)n1. The highest BCUT2D eigenvalue weighted by Crippen LogP contribution is 2.29. The average molecular weight is 431 g/mol. The van der Waals surface area contributed by atoms with Crippen molar-refractivity contribution in [3.05, 3.63) is 23.5 Å². The summed E-state index contributed by atoms with van der Waals surface area (Å²) in [6.45, 7) is 8.57. The number of rotatable bonds is 6. The Morgan fingerprint density at radius 2 is 1.87 bits per heavy atom. The Hall–Kier alpha value is -3.04. The maximum absolute atomic E-state index is 11.8. The molecule has 0 unspecified atom stereocenters. The largest absolute Gasteiger partial charge is 0.477 e. The van der Waals surface area contributed by atoms with E-state index in [-0.39, 0.29) is 11.8 Å². The Labute approximate surface area is 181 Å². The molecule has 10 nitrogen and oxygen atoms in total. The van der Waals surface area contributed by atoms with E-state index in [0.29, 0.717) is 42.0 Å². The number of carbonyl (C=O) groups is 2. The molecule has 31 heavy (non-hydrogen) atoms. The van der Waals surface area contributed by atoms with Gasteiger partial charge < -0.3 is 15.2 Å². The lowest BCUT2D eigenvalue weighted by Gasteiger charge is -2.28. The number of carboxylic acids is 1. The van der Waals surface area contributed by atoms with Crippen LogP contribution in [0.25, 0.3) is 11.4 Å². The predicted molar refractivity (Wildman–Crippen MR) is 112 cm³/mol. The van der Waals surface area contributed by atoms with E-state index in [4.69, 9.17) is 4.74 Å². The summed E-state index contributed by atoms with van der Waals surface area (Å²) in [5.41, 5.74) is 0.650. The van der Waals surface area contributed by atoms with Gasteiger partial charge >= 0.3 is 12.1 Å². The number of hydrogen-bond acceptors (Lipinski definition) is 7. The fraction of sp³-hybridized carbons (Fsp3) is 0.619. The molecule has 2 heterocycles. The van der Waals surface area contributed by atoms with Crippen LogP contribution in [0, 0.1) is 18.8 Å². The smallest absolute Gasteiger partial charge is 0.407 e. The van der Waals surface area contributed by atoms with Gasteiger partial charge in [0.05, 0.1) is 6.54 Å². The van der Waals surface area contributed by atoms with Crippen LogP contribution < -0.4 is 5.32 Å². The summed E-state index contributed by atoms with van der Waals surface area (Å²) < 4.78 is 5.28. The lowest BCUT2D eigenvalue weighted by Crippen LogP contribution is -2.36. The zero-order valence-corrected chi connectivity index (χ0v) is 18.5. The maximum Gasteiger partial charge on any atom is 0.407 e. The molecule has 2 aromatic heterocycles. The molecule has 3 rings (SSSR count). The molecule has 0 aromatic carbocycles. The molecule has 168 valence electrons. The zero-order valence-electron chi connectivity index (χ0n) is 18.5. The van der Waals surface area contributed by atoms with Crippen molar-refractivity contribution >= 4 is 12.1 Å². The second-order valence-corrected chi connectivity index (χ2v) is 9.13. The Bertz CT molecular complexity index is 928. The number of ether oxygens (including phenoxy) is 1. The molecular weight excluding hydrogens is 400 g/mol. The molecule has 1 amide bonds. The minimum atomic E-state index is -1.09. The van der Waals surface area contributed by atoms with Crippen LogP contribution in [0.5, 0.6) is 0 Å². The minimum absolute atomic E-state index is 0.0373. The summed E-state index contributed by atoms with van der Waals surface area (Å²) in [7, 11) is 0. The monoisotopic (exact) mass is 430 g/mol. The van der Waals surface area contributed by atoms with Gasteiger partial charge in [-0.15, -0.1) is 10.2 Å². The Morgan fingerprint density at radius 1 is 1.19 bits per heavy atom. The molecule has 0 aliphatic heterocycles. The molecule has 2 aromatic rings. The molecule has 0 radical (unpaired) electrons. The fourth-order valence-electron chi connectivity index (χ4n) is 3.73. The van der Waals surface area contributed by atoms with Crippen LogP contribution >= 0.6 is 0 Å². The van der Waals surface area contributed by atoms with Crippen molar-refractivity contribution in [2.24, 2.45) is 11.8 Å². The summed E-state index contributed by atoms with van der Waals surface area (Å²) in [5.74, 6) is 0.185. The number of nitrogens with one attached hydrogen (secondary N) is 1. The van der Waals surface area contributed by atoms with Crippen LogP contribution in [0.4, 0.5) is 4.79 Å². The average Bonchev–Trinajstić information content (AvgIpc) is 3.14. The lowest BCUT2D eigenvalue weighted by molar-refractivity contribution is 0.0512. The van der Waals surface area contributed by atoms with Gasteiger partial charge in [-0.05, 0) is 82.6 Å². The number of aromatic carboxylic acids is 1. The summed E-state index contributed by atoms with van der Waals surface area (Å²) >= 11 is 0. The van der Waals surface area contributed by atoms with Gasteiger partial charge in [-0.25, -0.2) is 14.6 Å². The fourth-order valence-corrected chi connectivity index (χ4v) is 3.73. The minimum Gasteiger partial charge on any atom is -0.477 e. The number of hydrogen-bond donors (Lipinski definition) is 2. The van der Waals surface area contributed by atoms with Crippen molar-refractivity contribution in [1.29, 1.82) is 0 Å². The van der Waals surface area contributed by atoms with E-state index >= 15 is 0 Å². The number of aryl methyl sites for hydroxylation is 1. The van der Waals surface area contributed by atoms with Gasteiger partial charge in [0.2, 0.25) is 5.82 Å². The summed E-state index contributed by atoms with van der Waals surface area (Å²) in [5, 5.41) is 24.7. The molecule has 2 N–H and O–H groups in total. The molecule has 0 saturated heterocycles. The number of nitrogens with zero attached hydrogens (tertiary/aromatic N) is 5. The third-order valence-electron chi connectivity index (χ3n) is 5.21. The van der Waals surface area contributed by atoms with Crippen LogP contribution in [-0.2, 0) is 11.3 Å². The van der Waals surface area contributed by atoms with Crippen LogP contribution in [0.15, 0.2) is 12.1 Å². The van der Waals surface area contributed by atoms with Gasteiger partial charge in [-0.1, -0.05) is 0 Å². The van der Waals surface area contributed by atoms with E-state index in [0.717, 1.165) is 25.7 Å². The molecule has 1 aliphatic rings. The van der Waals surface area contributed by atoms with E-state index < -0.39 is 11.6 Å². The number of pyridine rings is 1. The zero-order chi connectivity index (χ0) is 22.6. The summed E-state index contributed by atoms with van der Waals surface area (Å²) in [6, 6.07) is 3.20. The first-order valence-electron chi connectivity index (χ1n) is 10.6. The number of carbonyl (C=O) groups excluding carboxylic acids is 1. The first-order chi connectivity index (χ1) is 14.6. The van der Waals surface area contributed by atoms with E-state index in [1.54, 1.807) is 17.8 Å². The normalized spacial score (nSPS) is 19.1. The van der Waals surface area contributed by atoms with E-state index in [1.165, 1.54) is 6.07 Å². The molecule has 1 saturated carbocycles. The Balaban J connectivity index is 1.49. The van der Waals surface area contributed by atoms with Gasteiger partial charge in [-0.3, -0.25) is 0 Å². The third kappa shape index (κ3) is 6.73. The molecule has 0 bridgehead atoms. The third-order valence-corrected chi connectivity index (χ3v) is 5.21. The number of alkyl carbamates (subject to hydrolysis) is 1. The Morgan fingerprint density at radius 3 is 2.52 bits per heavy atom. The summed E-state index contributed by atoms with van der Waals surface area (Å²) in [4.78, 5) is 28.6. The second kappa shape index (κ2) is 9.40. The molecule has 1 aliphatic carbocycles. The predicted octanol–water partition coefficient (Wildman–Crippen LogP) is 3.07. The van der Waals surface area contributed by atoms with Gasteiger partial charge in [0, 0.05) is 17.8 Å². The standard InChI is InChI=1S/C21H30N6O4/c1-13-9-16(10-17(23-13)19(28)29)18-24-26-27(25-18)12-15-7-5-14(6-8-15)11-22-20(30)31-21(2,3)4/h9-10,14-15H,5-8,11-12H2,1-4H3,(H,22,30)(H,28,29). The number of amides is 1. The van der Waals surface area contributed by atoms with Gasteiger partial charge in [-0.2, -0.15) is 4.80 Å². The highest BCUT2D eigenvalue weighted by Gasteiger charge is 2.24. The van der Waals surface area contributed by atoms with Crippen molar-refractivity contribution < 1.29 is 19.4 Å². The lowest BCUT2D eigenvalue weighted by atomic mass is 9.82. The molecule has 10 heteroatoms. The molecular formula is C21H30N6O4. The highest BCUT2D eigenvalue weighted by molar-refractivity contribution is 5.86. The first-order valence-corrected chi connectivity index (χ1v) is 10.6. The van der Waals surface area contributed by atoms with E-state index in [1.807, 2.05) is 20.8 Å². The summed E-state index contributed by atoms with van der Waals surface area (Å²) in [6.07, 6.45) is 3.72. The molecule has 0 atom stereocenters. The van der Waals surface area contributed by atoms with Crippen molar-refractivity contribution in [1.82, 2.24) is 30.5 Å². The van der Waals surface area contributed by atoms with Crippen LogP contribution in [0.3, 0.4) is 0 Å². The van der Waals surface area contributed by atoms with Crippen LogP contribution in [0.1, 0.15) is 62.6 Å². The van der Waals surface area contributed by atoms with E-state index in [2.05, 4.69) is 25.7 Å². The van der Waals surface area contributed by atoms with Crippen LogP contribution in [0.2, 0.25) is 0 Å². The van der Waals surface area contributed by atoms with Crippen molar-refractivity contribution in [2.45, 2.75) is 65.5 Å². The second-order valence-electron chi connectivity index (χ2n) is 9.13. The topological polar surface area (TPSA) is 132 Å². The number of aromatic nitrogens is 5. The van der Waals surface area contributed by atoms with Crippen molar-refractivity contribution in [3.8, 4) is 11.4 Å². The highest BCUT2D eigenvalue weighted by atomic mass is 16.6. The first kappa shape index (κ1) is 22.6. The van der Waals surface area contributed by atoms with Gasteiger partial charge in [0.25, 0.3) is 0 Å². The number of tetrazole rings is 1. The van der Waals surface area contributed by atoms with Crippen molar-refractivity contribution in [2.75, 3.05) is 6.54 Å². The van der Waals surface area contributed by atoms with Crippen molar-refractivity contribution in [3.63, 3.8) is 0 Å². The van der Waals surface area contributed by atoms with E-state index in [9.17, 15) is 14.7 Å².